The molecule has 2 rings (SSSR count). The van der Waals surface area contributed by atoms with Crippen LogP contribution < -0.4 is 16.2 Å². The average Bonchev–Trinajstić information content (AvgIpc) is 2.96. The molecule has 0 bridgehead atoms. The Morgan fingerprint density at radius 3 is 2.77 bits per heavy atom. The number of rotatable bonds is 5. The highest BCUT2D eigenvalue weighted by molar-refractivity contribution is 6.05. The number of nitrogens with zero attached hydrogens (tertiary/aromatic N) is 2. The molecular weight excluding hydrogens is 288 g/mol. The maximum absolute atomic E-state index is 12.4. The van der Waals surface area contributed by atoms with Gasteiger partial charge in [0.2, 0.25) is 5.91 Å². The van der Waals surface area contributed by atoms with Gasteiger partial charge in [-0.1, -0.05) is 20.3 Å². The summed E-state index contributed by atoms with van der Waals surface area (Å²) in [6, 6.07) is -0.698. The molecule has 0 fully saturated rings. The van der Waals surface area contributed by atoms with Crippen LogP contribution in [0.4, 0.5) is 0 Å². The van der Waals surface area contributed by atoms with E-state index < -0.39 is 17.5 Å². The maximum atomic E-state index is 12.4. The topological polar surface area (TPSA) is 133 Å². The number of carbonyl (C=O) groups is 2. The van der Waals surface area contributed by atoms with Gasteiger partial charge in [-0.2, -0.15) is 5.10 Å². The zero-order valence-electron chi connectivity index (χ0n) is 12.6. The van der Waals surface area contributed by atoms with Crippen molar-refractivity contribution in [3.63, 3.8) is 0 Å². The summed E-state index contributed by atoms with van der Waals surface area (Å²) in [5.41, 5.74) is -0.334. The summed E-state index contributed by atoms with van der Waals surface area (Å²) in [6.45, 7) is 3.78. The Bertz CT molecular complexity index is 750. The van der Waals surface area contributed by atoms with Gasteiger partial charge in [-0.05, 0) is 5.92 Å². The van der Waals surface area contributed by atoms with Crippen molar-refractivity contribution < 1.29 is 9.59 Å². The number of likely N-dealkylation sites (N-methyl/N-ethyl adjacent to an activating group) is 1. The van der Waals surface area contributed by atoms with Crippen molar-refractivity contribution in [2.45, 2.75) is 26.3 Å². The van der Waals surface area contributed by atoms with Crippen molar-refractivity contribution in [2.24, 2.45) is 5.92 Å². The fourth-order valence-electron chi connectivity index (χ4n) is 2.10. The van der Waals surface area contributed by atoms with Crippen LogP contribution in [-0.2, 0) is 4.79 Å². The number of aromatic amines is 2. The molecule has 2 amide bonds. The number of carbonyl (C=O) groups excluding carboxylic acids is 2. The van der Waals surface area contributed by atoms with E-state index in [1.807, 2.05) is 13.8 Å². The molecule has 9 nitrogen and oxygen atoms in total. The first-order chi connectivity index (χ1) is 10.5. The molecule has 118 valence electrons. The minimum atomic E-state index is -0.698. The van der Waals surface area contributed by atoms with Crippen LogP contribution in [0, 0.1) is 5.92 Å². The van der Waals surface area contributed by atoms with Crippen LogP contribution >= 0.6 is 0 Å². The SMILES string of the molecule is CC[C@H](C)[C@H](NC(=O)c1[nH]nc2nc[nH]c(=O)c12)C(=O)NC. The Labute approximate surface area is 125 Å². The summed E-state index contributed by atoms with van der Waals surface area (Å²) >= 11 is 0. The molecule has 0 saturated carbocycles. The summed E-state index contributed by atoms with van der Waals surface area (Å²) in [5.74, 6) is -0.928. The number of aromatic nitrogens is 4. The Kier molecular flexibility index (Phi) is 4.54. The smallest absolute Gasteiger partial charge is 0.270 e. The quantitative estimate of drug-likeness (QED) is 0.593. The first-order valence-electron chi connectivity index (χ1n) is 6.93. The van der Waals surface area contributed by atoms with E-state index in [4.69, 9.17) is 0 Å². The number of hydrogen-bond acceptors (Lipinski definition) is 5. The third-order valence-corrected chi connectivity index (χ3v) is 3.61. The van der Waals surface area contributed by atoms with Crippen molar-refractivity contribution in [2.75, 3.05) is 7.05 Å². The monoisotopic (exact) mass is 306 g/mol. The van der Waals surface area contributed by atoms with Crippen LogP contribution in [-0.4, -0.2) is 45.1 Å². The summed E-state index contributed by atoms with van der Waals surface area (Å²) in [4.78, 5) is 42.4. The van der Waals surface area contributed by atoms with Crippen molar-refractivity contribution in [1.29, 1.82) is 0 Å². The van der Waals surface area contributed by atoms with E-state index in [1.54, 1.807) is 0 Å². The molecule has 0 aliphatic rings. The van der Waals surface area contributed by atoms with Gasteiger partial charge in [-0.3, -0.25) is 19.5 Å². The zero-order valence-corrected chi connectivity index (χ0v) is 12.6. The molecular formula is C13H18N6O3. The third-order valence-electron chi connectivity index (χ3n) is 3.61. The van der Waals surface area contributed by atoms with Gasteiger partial charge in [0.1, 0.15) is 17.1 Å². The number of H-pyrrole nitrogens is 2. The molecule has 2 aromatic heterocycles. The molecule has 4 N–H and O–H groups in total. The Hall–Kier alpha value is -2.71. The van der Waals surface area contributed by atoms with Gasteiger partial charge in [0.05, 0.1) is 6.33 Å². The second kappa shape index (κ2) is 6.37. The van der Waals surface area contributed by atoms with Crippen molar-refractivity contribution in [1.82, 2.24) is 30.8 Å². The second-order valence-corrected chi connectivity index (χ2v) is 4.98. The van der Waals surface area contributed by atoms with E-state index in [-0.39, 0.29) is 28.6 Å². The molecule has 2 aromatic rings. The number of amides is 2. The highest BCUT2D eigenvalue weighted by Crippen LogP contribution is 2.11. The van der Waals surface area contributed by atoms with Gasteiger partial charge in [0.15, 0.2) is 5.65 Å². The summed E-state index contributed by atoms with van der Waals surface area (Å²) in [7, 11) is 1.50. The number of hydrogen-bond donors (Lipinski definition) is 4. The van der Waals surface area contributed by atoms with Gasteiger partial charge in [-0.15, -0.1) is 0 Å². The molecule has 22 heavy (non-hydrogen) atoms. The highest BCUT2D eigenvalue weighted by atomic mass is 16.2. The lowest BCUT2D eigenvalue weighted by atomic mass is 9.98. The van der Waals surface area contributed by atoms with E-state index >= 15 is 0 Å². The van der Waals surface area contributed by atoms with Crippen LogP contribution in [0.15, 0.2) is 11.1 Å². The Morgan fingerprint density at radius 2 is 2.14 bits per heavy atom. The molecule has 0 aromatic carbocycles. The summed E-state index contributed by atoms with van der Waals surface area (Å²) < 4.78 is 0. The van der Waals surface area contributed by atoms with E-state index in [0.29, 0.717) is 6.42 Å². The second-order valence-electron chi connectivity index (χ2n) is 4.98. The summed E-state index contributed by atoms with van der Waals surface area (Å²) in [5, 5.41) is 11.5. The molecule has 0 spiro atoms. The number of fused-ring (bicyclic) bond motifs is 1. The Balaban J connectivity index is 2.33. The largest absolute Gasteiger partial charge is 0.357 e. The Morgan fingerprint density at radius 1 is 1.41 bits per heavy atom. The van der Waals surface area contributed by atoms with Gasteiger partial charge in [0.25, 0.3) is 11.5 Å². The van der Waals surface area contributed by atoms with Crippen LogP contribution in [0.25, 0.3) is 11.0 Å². The fourth-order valence-corrected chi connectivity index (χ4v) is 2.10. The lowest BCUT2D eigenvalue weighted by molar-refractivity contribution is -0.123. The molecule has 0 unspecified atom stereocenters. The molecule has 0 radical (unpaired) electrons. The average molecular weight is 306 g/mol. The third kappa shape index (κ3) is 2.83. The molecule has 0 aliphatic carbocycles. The minimum Gasteiger partial charge on any atom is -0.357 e. The maximum Gasteiger partial charge on any atom is 0.270 e. The lowest BCUT2D eigenvalue weighted by Crippen LogP contribution is -2.49. The van der Waals surface area contributed by atoms with Crippen molar-refractivity contribution in [3.05, 3.63) is 22.4 Å². The van der Waals surface area contributed by atoms with Gasteiger partial charge < -0.3 is 15.6 Å². The lowest BCUT2D eigenvalue weighted by Gasteiger charge is -2.22. The fraction of sp³-hybridized carbons (Fsp3) is 0.462. The molecule has 2 heterocycles. The van der Waals surface area contributed by atoms with E-state index in [0.717, 1.165) is 0 Å². The van der Waals surface area contributed by atoms with Gasteiger partial charge >= 0.3 is 0 Å². The van der Waals surface area contributed by atoms with Crippen molar-refractivity contribution in [3.8, 4) is 0 Å². The standard InChI is InChI=1S/C13H18N6O3/c1-4-6(2)8(12(21)14-3)17-13(22)9-7-10(19-18-9)15-5-16-11(7)20/h5-6,8H,4H2,1-3H3,(H,14,21)(H,17,22)(H2,15,16,18,19,20)/t6-,8-/m0/s1. The zero-order chi connectivity index (χ0) is 16.3. The molecule has 0 saturated heterocycles. The van der Waals surface area contributed by atoms with E-state index in [9.17, 15) is 14.4 Å². The molecule has 9 heteroatoms. The normalized spacial score (nSPS) is 13.6. The molecule has 2 atom stereocenters. The van der Waals surface area contributed by atoms with E-state index in [2.05, 4.69) is 30.8 Å². The van der Waals surface area contributed by atoms with Crippen LogP contribution in [0.2, 0.25) is 0 Å². The first kappa shape index (κ1) is 15.7. The van der Waals surface area contributed by atoms with Gasteiger partial charge in [-0.25, -0.2) is 4.98 Å². The van der Waals surface area contributed by atoms with Crippen LogP contribution in [0.3, 0.4) is 0 Å². The van der Waals surface area contributed by atoms with Crippen LogP contribution in [0.1, 0.15) is 30.8 Å². The minimum absolute atomic E-state index is 0.0124. The predicted octanol–water partition coefficient (Wildman–Crippen LogP) is -0.463. The number of nitrogens with one attached hydrogen (secondary N) is 4. The molecule has 0 aliphatic heterocycles. The first-order valence-corrected chi connectivity index (χ1v) is 6.93. The van der Waals surface area contributed by atoms with Crippen molar-refractivity contribution >= 4 is 22.8 Å². The van der Waals surface area contributed by atoms with Crippen LogP contribution in [0.5, 0.6) is 0 Å². The van der Waals surface area contributed by atoms with E-state index in [1.165, 1.54) is 13.4 Å². The predicted molar refractivity (Wildman–Crippen MR) is 79.3 cm³/mol. The summed E-state index contributed by atoms with van der Waals surface area (Å²) in [6.07, 6.45) is 1.92. The highest BCUT2D eigenvalue weighted by Gasteiger charge is 2.27. The van der Waals surface area contributed by atoms with Gasteiger partial charge in [0, 0.05) is 7.05 Å².